The van der Waals surface area contributed by atoms with E-state index in [1.165, 1.54) is 0 Å². The van der Waals surface area contributed by atoms with Gasteiger partial charge in [-0.3, -0.25) is 20.2 Å². The fraction of sp³-hybridized carbons (Fsp3) is 0.600. The number of hydrogen-bond acceptors (Lipinski definition) is 9. The zero-order chi connectivity index (χ0) is 31.7. The minimum atomic E-state index is -0.456. The summed E-state index contributed by atoms with van der Waals surface area (Å²) in [7, 11) is 4.20. The molecule has 0 aliphatic carbocycles. The number of hydrogen-bond donors (Lipinski definition) is 7. The molecule has 0 bridgehead atoms. The number of carbonyl (C=O) groups is 1. The first-order valence-electron chi connectivity index (χ1n) is 15.6. The normalized spacial score (nSPS) is 14.4. The van der Waals surface area contributed by atoms with Crippen molar-refractivity contribution < 1.29 is 4.79 Å². The molecule has 1 aromatic carbocycles. The van der Waals surface area contributed by atoms with Crippen molar-refractivity contribution in [2.75, 3.05) is 88.5 Å². The summed E-state index contributed by atoms with van der Waals surface area (Å²) >= 11 is 0. The van der Waals surface area contributed by atoms with Gasteiger partial charge in [-0.05, 0) is 89.6 Å². The molecule has 3 rings (SSSR count). The Balaban J connectivity index is 1.42. The third-order valence-corrected chi connectivity index (χ3v) is 7.65. The van der Waals surface area contributed by atoms with Gasteiger partial charge >= 0.3 is 11.7 Å². The van der Waals surface area contributed by atoms with E-state index in [1.54, 1.807) is 16.8 Å². The molecule has 1 aliphatic heterocycles. The number of nitrogens with two attached hydrogens (primary N) is 2. The number of aromatic nitrogens is 2. The second kappa shape index (κ2) is 18.8. The number of likely N-dealkylation sites (N-methyl/N-ethyl adjacent to an activating group) is 1. The summed E-state index contributed by atoms with van der Waals surface area (Å²) in [6.45, 7) is 8.82. The summed E-state index contributed by atoms with van der Waals surface area (Å²) in [4.78, 5) is 36.3. The Hall–Kier alpha value is -3.72. The summed E-state index contributed by atoms with van der Waals surface area (Å²) in [6.07, 6.45) is 6.03. The predicted octanol–water partition coefficient (Wildman–Crippen LogP) is 0.921. The highest BCUT2D eigenvalue weighted by Gasteiger charge is 2.17. The second-order valence-electron chi connectivity index (χ2n) is 11.5. The Bertz CT molecular complexity index is 1200. The molecule has 0 saturated carbocycles. The van der Waals surface area contributed by atoms with Crippen molar-refractivity contribution in [2.24, 2.45) is 11.5 Å². The maximum Gasteiger partial charge on any atom is 0.349 e. The van der Waals surface area contributed by atoms with Crippen LogP contribution in [-0.2, 0) is 6.54 Å². The van der Waals surface area contributed by atoms with Crippen molar-refractivity contribution in [2.45, 2.75) is 44.7 Å². The van der Waals surface area contributed by atoms with Crippen LogP contribution < -0.4 is 43.3 Å². The third kappa shape index (κ3) is 12.9. The lowest BCUT2D eigenvalue weighted by Gasteiger charge is -2.36. The van der Waals surface area contributed by atoms with Gasteiger partial charge < -0.3 is 37.2 Å². The van der Waals surface area contributed by atoms with Crippen LogP contribution in [0.3, 0.4) is 0 Å². The van der Waals surface area contributed by atoms with Crippen molar-refractivity contribution in [1.29, 1.82) is 5.41 Å². The van der Waals surface area contributed by atoms with Gasteiger partial charge in [0.25, 0.3) is 0 Å². The molecular formula is C30H52N12O2. The minimum Gasteiger partial charge on any atom is -0.370 e. The van der Waals surface area contributed by atoms with Crippen LogP contribution in [0.25, 0.3) is 0 Å². The first-order chi connectivity index (χ1) is 21.2. The first kappa shape index (κ1) is 34.8. The minimum absolute atomic E-state index is 0.0231. The van der Waals surface area contributed by atoms with Gasteiger partial charge in [0.05, 0.1) is 0 Å². The van der Waals surface area contributed by atoms with Crippen LogP contribution in [0.15, 0.2) is 41.3 Å². The molecule has 14 heteroatoms. The van der Waals surface area contributed by atoms with Crippen LogP contribution in [-0.4, -0.2) is 110 Å². The number of urea groups is 1. The molecule has 2 heterocycles. The molecule has 2 aromatic rings. The number of nitrogens with zero attached hydrogens (tertiary/aromatic N) is 5. The van der Waals surface area contributed by atoms with Crippen molar-refractivity contribution in [3.8, 4) is 0 Å². The Morgan fingerprint density at radius 3 is 2.39 bits per heavy atom. The van der Waals surface area contributed by atoms with Gasteiger partial charge in [-0.1, -0.05) is 0 Å². The SMILES string of the molecule is CN(C)CCN1CCN(c2ccc(NC(=O)Nc3ccn(CCCC(CCCNC(=N)N)NCCCN)c(=O)n3)cc2)CC1. The van der Waals surface area contributed by atoms with Crippen LogP contribution in [0.5, 0.6) is 0 Å². The topological polar surface area (TPSA) is 186 Å². The third-order valence-electron chi connectivity index (χ3n) is 7.65. The number of carbonyl (C=O) groups excluding carboxylic acids is 1. The smallest absolute Gasteiger partial charge is 0.349 e. The second-order valence-corrected chi connectivity index (χ2v) is 11.5. The van der Waals surface area contributed by atoms with Gasteiger partial charge in [-0.15, -0.1) is 0 Å². The van der Waals surface area contributed by atoms with E-state index in [1.807, 2.05) is 24.3 Å². The average Bonchev–Trinajstić information content (AvgIpc) is 2.99. The van der Waals surface area contributed by atoms with Crippen LogP contribution in [0.4, 0.5) is 22.0 Å². The number of benzene rings is 1. The Kier molecular flexibility index (Phi) is 14.9. The van der Waals surface area contributed by atoms with Crippen molar-refractivity contribution in [3.05, 3.63) is 47.0 Å². The zero-order valence-corrected chi connectivity index (χ0v) is 26.4. The van der Waals surface area contributed by atoms with Crippen LogP contribution in [0.2, 0.25) is 0 Å². The monoisotopic (exact) mass is 612 g/mol. The van der Waals surface area contributed by atoms with Gasteiger partial charge in [-0.2, -0.15) is 4.98 Å². The lowest BCUT2D eigenvalue weighted by Crippen LogP contribution is -2.48. The summed E-state index contributed by atoms with van der Waals surface area (Å²) < 4.78 is 1.55. The van der Waals surface area contributed by atoms with E-state index in [9.17, 15) is 9.59 Å². The largest absolute Gasteiger partial charge is 0.370 e. The lowest BCUT2D eigenvalue weighted by molar-refractivity contribution is 0.229. The fourth-order valence-corrected chi connectivity index (χ4v) is 5.11. The molecule has 44 heavy (non-hydrogen) atoms. The highest BCUT2D eigenvalue weighted by molar-refractivity contribution is 5.99. The number of amides is 2. The molecule has 9 N–H and O–H groups in total. The maximum atomic E-state index is 12.6. The fourth-order valence-electron chi connectivity index (χ4n) is 5.11. The van der Waals surface area contributed by atoms with E-state index >= 15 is 0 Å². The van der Waals surface area contributed by atoms with Crippen LogP contribution in [0, 0.1) is 5.41 Å². The molecule has 2 amide bonds. The van der Waals surface area contributed by atoms with Gasteiger partial charge in [-0.25, -0.2) is 9.59 Å². The number of guanidine groups is 1. The number of rotatable bonds is 18. The summed E-state index contributed by atoms with van der Waals surface area (Å²) in [5, 5.41) is 19.1. The highest BCUT2D eigenvalue weighted by Crippen LogP contribution is 2.20. The molecule has 1 unspecified atom stereocenters. The Morgan fingerprint density at radius 1 is 1.00 bits per heavy atom. The first-order valence-corrected chi connectivity index (χ1v) is 15.6. The van der Waals surface area contributed by atoms with E-state index in [4.69, 9.17) is 16.9 Å². The quantitative estimate of drug-likeness (QED) is 0.0725. The number of aryl methyl sites for hydroxylation is 1. The van der Waals surface area contributed by atoms with E-state index < -0.39 is 11.7 Å². The molecule has 14 nitrogen and oxygen atoms in total. The molecule has 1 atom stereocenters. The van der Waals surface area contributed by atoms with Crippen molar-refractivity contribution >= 4 is 29.2 Å². The van der Waals surface area contributed by atoms with Crippen molar-refractivity contribution in [3.63, 3.8) is 0 Å². The summed E-state index contributed by atoms with van der Waals surface area (Å²) in [6, 6.07) is 9.27. The van der Waals surface area contributed by atoms with Gasteiger partial charge in [0, 0.05) is 76.0 Å². The van der Waals surface area contributed by atoms with Crippen LogP contribution >= 0.6 is 0 Å². The maximum absolute atomic E-state index is 12.6. The van der Waals surface area contributed by atoms with Crippen LogP contribution in [0.1, 0.15) is 32.1 Å². The predicted molar refractivity (Wildman–Crippen MR) is 179 cm³/mol. The molecule has 1 fully saturated rings. The van der Waals surface area contributed by atoms with Crippen molar-refractivity contribution in [1.82, 2.24) is 30.0 Å². The molecule has 1 aromatic heterocycles. The summed E-state index contributed by atoms with van der Waals surface area (Å²) in [5.41, 5.74) is 12.4. The Morgan fingerprint density at radius 2 is 1.73 bits per heavy atom. The lowest BCUT2D eigenvalue weighted by atomic mass is 10.1. The molecule has 0 radical (unpaired) electrons. The molecule has 244 valence electrons. The standard InChI is InChI=1S/C30H52N12O2/c1-39(2)18-19-40-20-22-41(23-21-40)26-10-8-25(9-11-26)36-29(43)37-27-12-17-42(30(44)38-27)16-4-7-24(34-15-5-13-31)6-3-14-35-28(32)33/h8-12,17,24,34H,3-7,13-16,18-23,31H2,1-2H3,(H4,32,33,35)(H2,36,37,38,43,44). The van der Waals surface area contributed by atoms with Gasteiger partial charge in [0.2, 0.25) is 0 Å². The summed E-state index contributed by atoms with van der Waals surface area (Å²) in [5.74, 6) is 0.178. The van der Waals surface area contributed by atoms with E-state index in [0.29, 0.717) is 25.3 Å². The Labute approximate surface area is 261 Å². The molecule has 0 spiro atoms. The number of nitrogens with one attached hydrogen (secondary N) is 5. The van der Waals surface area contributed by atoms with E-state index in [-0.39, 0.29) is 17.8 Å². The number of anilines is 3. The van der Waals surface area contributed by atoms with E-state index in [2.05, 4.69) is 55.0 Å². The highest BCUT2D eigenvalue weighted by atomic mass is 16.2. The zero-order valence-electron chi connectivity index (χ0n) is 26.4. The molecule has 1 saturated heterocycles. The van der Waals surface area contributed by atoms with Gasteiger partial charge in [0.15, 0.2) is 5.96 Å². The number of piperazine rings is 1. The molecule has 1 aliphatic rings. The molecular weight excluding hydrogens is 560 g/mol. The van der Waals surface area contributed by atoms with E-state index in [0.717, 1.165) is 83.6 Å². The van der Waals surface area contributed by atoms with Gasteiger partial charge in [0.1, 0.15) is 5.82 Å². The average molecular weight is 613 g/mol.